The Morgan fingerprint density at radius 2 is 2.21 bits per heavy atom. The summed E-state index contributed by atoms with van der Waals surface area (Å²) in [6, 6.07) is 7.44. The van der Waals surface area contributed by atoms with Gasteiger partial charge in [0.05, 0.1) is 7.11 Å². The molecule has 0 aromatic heterocycles. The molecule has 0 aliphatic rings. The van der Waals surface area contributed by atoms with E-state index in [4.69, 9.17) is 4.74 Å². The molecule has 2 N–H and O–H groups in total. The molecule has 0 aliphatic heterocycles. The molecule has 0 spiro atoms. The third-order valence-electron chi connectivity index (χ3n) is 2.59. The number of hydrogen-bond donors (Lipinski definition) is 2. The van der Waals surface area contributed by atoms with Crippen molar-refractivity contribution in [3.63, 3.8) is 0 Å². The standard InChI is InChI=1S/C15H22N2O2/c1-12(2)7-9-16-15(18)17-10-8-13-5-4-6-14(11-13)19-3/h4-6,8,10-12H,7,9H2,1-3H3,(H2,16,17,18)/b10-8+. The van der Waals surface area contributed by atoms with Gasteiger partial charge in [-0.2, -0.15) is 0 Å². The number of ether oxygens (including phenoxy) is 1. The number of methoxy groups -OCH3 is 1. The van der Waals surface area contributed by atoms with Gasteiger partial charge in [0, 0.05) is 12.7 Å². The molecule has 0 unspecified atom stereocenters. The van der Waals surface area contributed by atoms with Crippen LogP contribution in [-0.4, -0.2) is 19.7 Å². The van der Waals surface area contributed by atoms with E-state index in [-0.39, 0.29) is 6.03 Å². The van der Waals surface area contributed by atoms with Crippen molar-refractivity contribution in [3.8, 4) is 5.75 Å². The normalized spacial score (nSPS) is 10.7. The van der Waals surface area contributed by atoms with E-state index in [9.17, 15) is 4.79 Å². The Hall–Kier alpha value is -1.97. The summed E-state index contributed by atoms with van der Waals surface area (Å²) in [5.74, 6) is 1.39. The second-order valence-electron chi connectivity index (χ2n) is 4.69. The Morgan fingerprint density at radius 3 is 2.89 bits per heavy atom. The van der Waals surface area contributed by atoms with E-state index in [1.807, 2.05) is 30.3 Å². The molecule has 19 heavy (non-hydrogen) atoms. The van der Waals surface area contributed by atoms with Gasteiger partial charge in [-0.15, -0.1) is 0 Å². The number of nitrogens with one attached hydrogen (secondary N) is 2. The first-order chi connectivity index (χ1) is 9.11. The van der Waals surface area contributed by atoms with Crippen LogP contribution < -0.4 is 15.4 Å². The Bertz CT molecular complexity index is 428. The molecule has 1 aromatic rings. The van der Waals surface area contributed by atoms with Gasteiger partial charge in [-0.25, -0.2) is 4.79 Å². The van der Waals surface area contributed by atoms with Gasteiger partial charge in [0.1, 0.15) is 5.75 Å². The molecule has 0 aliphatic carbocycles. The molecule has 0 atom stereocenters. The van der Waals surface area contributed by atoms with E-state index in [0.717, 1.165) is 17.7 Å². The fourth-order valence-electron chi connectivity index (χ4n) is 1.48. The zero-order valence-corrected chi connectivity index (χ0v) is 11.8. The van der Waals surface area contributed by atoms with Gasteiger partial charge < -0.3 is 15.4 Å². The van der Waals surface area contributed by atoms with Crippen molar-refractivity contribution in [1.29, 1.82) is 0 Å². The smallest absolute Gasteiger partial charge is 0.318 e. The van der Waals surface area contributed by atoms with Gasteiger partial charge in [0.25, 0.3) is 0 Å². The highest BCUT2D eigenvalue weighted by atomic mass is 16.5. The highest BCUT2D eigenvalue weighted by Crippen LogP contribution is 2.13. The summed E-state index contributed by atoms with van der Waals surface area (Å²) in [5, 5.41) is 5.47. The summed E-state index contributed by atoms with van der Waals surface area (Å²) in [4.78, 5) is 11.4. The largest absolute Gasteiger partial charge is 0.497 e. The van der Waals surface area contributed by atoms with E-state index in [1.54, 1.807) is 13.3 Å². The molecule has 1 aromatic carbocycles. The van der Waals surface area contributed by atoms with Gasteiger partial charge in [0.15, 0.2) is 0 Å². The first-order valence-electron chi connectivity index (χ1n) is 6.47. The Kier molecular flexibility index (Phi) is 6.50. The number of hydrogen-bond acceptors (Lipinski definition) is 2. The molecule has 0 bridgehead atoms. The minimum Gasteiger partial charge on any atom is -0.497 e. The highest BCUT2D eigenvalue weighted by molar-refractivity contribution is 5.75. The fourth-order valence-corrected chi connectivity index (χ4v) is 1.48. The molecule has 1 rings (SSSR count). The van der Waals surface area contributed by atoms with Crippen LogP contribution >= 0.6 is 0 Å². The number of benzene rings is 1. The quantitative estimate of drug-likeness (QED) is 0.828. The van der Waals surface area contributed by atoms with Crippen LogP contribution in [0.5, 0.6) is 5.75 Å². The third kappa shape index (κ3) is 6.50. The van der Waals surface area contributed by atoms with Gasteiger partial charge >= 0.3 is 6.03 Å². The van der Waals surface area contributed by atoms with Crippen molar-refractivity contribution in [2.24, 2.45) is 5.92 Å². The van der Waals surface area contributed by atoms with E-state index < -0.39 is 0 Å². The Balaban J connectivity index is 2.34. The minimum atomic E-state index is -0.181. The average Bonchev–Trinajstić information content (AvgIpc) is 2.38. The predicted octanol–water partition coefficient (Wildman–Crippen LogP) is 3.01. The van der Waals surface area contributed by atoms with Crippen molar-refractivity contribution in [1.82, 2.24) is 10.6 Å². The van der Waals surface area contributed by atoms with Crippen molar-refractivity contribution in [3.05, 3.63) is 36.0 Å². The summed E-state index contributed by atoms with van der Waals surface area (Å²) in [6.45, 7) is 4.95. The van der Waals surface area contributed by atoms with Gasteiger partial charge in [-0.3, -0.25) is 0 Å². The lowest BCUT2D eigenvalue weighted by atomic mass is 10.1. The van der Waals surface area contributed by atoms with E-state index >= 15 is 0 Å². The van der Waals surface area contributed by atoms with Gasteiger partial charge in [-0.05, 0) is 36.1 Å². The molecular formula is C15H22N2O2. The monoisotopic (exact) mass is 262 g/mol. The summed E-state index contributed by atoms with van der Waals surface area (Å²) in [6.07, 6.45) is 4.43. The van der Waals surface area contributed by atoms with Crippen LogP contribution in [-0.2, 0) is 0 Å². The van der Waals surface area contributed by atoms with Crippen LogP contribution in [0.15, 0.2) is 30.5 Å². The molecule has 0 fully saturated rings. The lowest BCUT2D eigenvalue weighted by molar-refractivity contribution is 0.243. The molecule has 0 saturated carbocycles. The Morgan fingerprint density at radius 1 is 1.42 bits per heavy atom. The summed E-state index contributed by atoms with van der Waals surface area (Å²) < 4.78 is 5.12. The van der Waals surface area contributed by atoms with E-state index in [1.165, 1.54) is 0 Å². The second kappa shape index (κ2) is 8.19. The van der Waals surface area contributed by atoms with Crippen LogP contribution in [0.3, 0.4) is 0 Å². The number of rotatable bonds is 6. The Labute approximate surface area is 114 Å². The molecule has 0 heterocycles. The van der Waals surface area contributed by atoms with Gasteiger partial charge in [0.2, 0.25) is 0 Å². The maximum atomic E-state index is 11.4. The lowest BCUT2D eigenvalue weighted by Crippen LogP contribution is -2.33. The zero-order chi connectivity index (χ0) is 14.1. The molecule has 4 nitrogen and oxygen atoms in total. The number of amides is 2. The van der Waals surface area contributed by atoms with Crippen LogP contribution in [0, 0.1) is 5.92 Å². The first-order valence-corrected chi connectivity index (χ1v) is 6.47. The minimum absolute atomic E-state index is 0.181. The fraction of sp³-hybridized carbons (Fsp3) is 0.400. The van der Waals surface area contributed by atoms with E-state index in [0.29, 0.717) is 12.5 Å². The van der Waals surface area contributed by atoms with Crippen LogP contribution in [0.4, 0.5) is 4.79 Å². The summed E-state index contributed by atoms with van der Waals surface area (Å²) >= 11 is 0. The third-order valence-corrected chi connectivity index (χ3v) is 2.59. The summed E-state index contributed by atoms with van der Waals surface area (Å²) in [5.41, 5.74) is 0.974. The topological polar surface area (TPSA) is 50.4 Å². The second-order valence-corrected chi connectivity index (χ2v) is 4.69. The lowest BCUT2D eigenvalue weighted by Gasteiger charge is -2.06. The molecule has 2 amide bonds. The summed E-state index contributed by atoms with van der Waals surface area (Å²) in [7, 11) is 1.63. The zero-order valence-electron chi connectivity index (χ0n) is 11.8. The van der Waals surface area contributed by atoms with Crippen LogP contribution in [0.1, 0.15) is 25.8 Å². The molecule has 0 saturated heterocycles. The first kappa shape index (κ1) is 15.1. The van der Waals surface area contributed by atoms with Gasteiger partial charge in [-0.1, -0.05) is 26.0 Å². The van der Waals surface area contributed by atoms with Crippen molar-refractivity contribution in [2.45, 2.75) is 20.3 Å². The highest BCUT2D eigenvalue weighted by Gasteiger charge is 1.98. The molecule has 4 heteroatoms. The van der Waals surface area contributed by atoms with Crippen molar-refractivity contribution < 1.29 is 9.53 Å². The van der Waals surface area contributed by atoms with Crippen LogP contribution in [0.2, 0.25) is 0 Å². The maximum Gasteiger partial charge on any atom is 0.318 e. The van der Waals surface area contributed by atoms with Crippen molar-refractivity contribution >= 4 is 12.1 Å². The number of carbonyl (C=O) groups is 1. The number of urea groups is 1. The molecule has 0 radical (unpaired) electrons. The number of carbonyl (C=O) groups excluding carboxylic acids is 1. The van der Waals surface area contributed by atoms with E-state index in [2.05, 4.69) is 24.5 Å². The van der Waals surface area contributed by atoms with Crippen LogP contribution in [0.25, 0.3) is 6.08 Å². The van der Waals surface area contributed by atoms with Crippen molar-refractivity contribution in [2.75, 3.05) is 13.7 Å². The maximum absolute atomic E-state index is 11.4. The predicted molar refractivity (Wildman–Crippen MR) is 78.0 cm³/mol. The average molecular weight is 262 g/mol. The molecule has 104 valence electrons. The SMILES string of the molecule is COc1cccc(/C=C/NC(=O)NCCC(C)C)c1. The molecular weight excluding hydrogens is 240 g/mol.